The van der Waals surface area contributed by atoms with Crippen molar-refractivity contribution in [3.8, 4) is 11.4 Å². The van der Waals surface area contributed by atoms with E-state index in [9.17, 15) is 0 Å². The molecule has 6 nitrogen and oxygen atoms in total. The standard InChI is InChI=1S/C14H18BrN5O/c1-21-7-6-14(4-5-14)9-20-13(17-18-19-20)10-2-3-11(15)12(16)8-10/h2-3,8H,4-7,9,16H2,1H3. The molecule has 21 heavy (non-hydrogen) atoms. The van der Waals surface area contributed by atoms with E-state index in [1.807, 2.05) is 22.9 Å². The molecule has 2 aromatic rings. The van der Waals surface area contributed by atoms with Gasteiger partial charge in [0, 0.05) is 29.4 Å². The highest BCUT2D eigenvalue weighted by atomic mass is 79.9. The molecule has 2 N–H and O–H groups in total. The van der Waals surface area contributed by atoms with E-state index in [0.29, 0.717) is 11.1 Å². The molecule has 0 amide bonds. The number of nitrogens with two attached hydrogens (primary N) is 1. The van der Waals surface area contributed by atoms with E-state index in [1.54, 1.807) is 7.11 Å². The predicted molar refractivity (Wildman–Crippen MR) is 83.5 cm³/mol. The molecule has 0 aliphatic heterocycles. The van der Waals surface area contributed by atoms with Crippen LogP contribution in [0.3, 0.4) is 0 Å². The van der Waals surface area contributed by atoms with E-state index in [1.165, 1.54) is 12.8 Å². The van der Waals surface area contributed by atoms with Crippen LogP contribution in [0.2, 0.25) is 0 Å². The third kappa shape index (κ3) is 3.08. The summed E-state index contributed by atoms with van der Waals surface area (Å²) in [5.41, 5.74) is 7.85. The van der Waals surface area contributed by atoms with Gasteiger partial charge in [-0.25, -0.2) is 4.68 Å². The number of benzene rings is 1. The van der Waals surface area contributed by atoms with E-state index in [4.69, 9.17) is 10.5 Å². The zero-order valence-corrected chi connectivity index (χ0v) is 13.5. The van der Waals surface area contributed by atoms with Crippen LogP contribution < -0.4 is 5.73 Å². The van der Waals surface area contributed by atoms with Crippen molar-refractivity contribution in [3.05, 3.63) is 22.7 Å². The average Bonchev–Trinajstić information content (AvgIpc) is 3.08. The highest BCUT2D eigenvalue weighted by Gasteiger charge is 2.43. The lowest BCUT2D eigenvalue weighted by Gasteiger charge is -2.15. The van der Waals surface area contributed by atoms with Crippen LogP contribution in [0.15, 0.2) is 22.7 Å². The average molecular weight is 352 g/mol. The fraction of sp³-hybridized carbons (Fsp3) is 0.500. The second-order valence-corrected chi connectivity index (χ2v) is 6.49. The summed E-state index contributed by atoms with van der Waals surface area (Å²) in [6.45, 7) is 1.61. The number of hydrogen-bond acceptors (Lipinski definition) is 5. The van der Waals surface area contributed by atoms with Gasteiger partial charge in [-0.3, -0.25) is 0 Å². The zero-order chi connectivity index (χ0) is 14.9. The molecule has 1 aromatic heterocycles. The van der Waals surface area contributed by atoms with Crippen molar-refractivity contribution < 1.29 is 4.74 Å². The molecule has 112 valence electrons. The molecule has 0 unspecified atom stereocenters. The Balaban J connectivity index is 1.82. The van der Waals surface area contributed by atoms with Crippen molar-refractivity contribution >= 4 is 21.6 Å². The Morgan fingerprint density at radius 2 is 2.24 bits per heavy atom. The Kier molecular flexibility index (Phi) is 3.95. The van der Waals surface area contributed by atoms with Gasteiger partial charge in [0.15, 0.2) is 5.82 Å². The van der Waals surface area contributed by atoms with E-state index in [2.05, 4.69) is 31.5 Å². The van der Waals surface area contributed by atoms with Crippen LogP contribution in [-0.4, -0.2) is 33.9 Å². The van der Waals surface area contributed by atoms with Crippen LogP contribution in [0.4, 0.5) is 5.69 Å². The van der Waals surface area contributed by atoms with E-state index in [-0.39, 0.29) is 0 Å². The first kappa shape index (κ1) is 14.5. The fourth-order valence-corrected chi connectivity index (χ4v) is 2.75. The molecule has 1 aliphatic carbocycles. The lowest BCUT2D eigenvalue weighted by atomic mass is 10.0. The molecule has 3 rings (SSSR count). The number of hydrogen-bond donors (Lipinski definition) is 1. The number of ether oxygens (including phenoxy) is 1. The van der Waals surface area contributed by atoms with Crippen molar-refractivity contribution in [3.63, 3.8) is 0 Å². The molecule has 7 heteroatoms. The maximum Gasteiger partial charge on any atom is 0.182 e. The molecule has 0 spiro atoms. The summed E-state index contributed by atoms with van der Waals surface area (Å²) in [6, 6.07) is 5.78. The van der Waals surface area contributed by atoms with Gasteiger partial charge in [0.25, 0.3) is 0 Å². The van der Waals surface area contributed by atoms with Crippen LogP contribution in [0.25, 0.3) is 11.4 Å². The summed E-state index contributed by atoms with van der Waals surface area (Å²) in [7, 11) is 1.74. The number of methoxy groups -OCH3 is 1. The Labute approximate surface area is 131 Å². The SMILES string of the molecule is COCCC1(Cn2nnnc2-c2ccc(Br)c(N)c2)CC1. The van der Waals surface area contributed by atoms with E-state index in [0.717, 1.165) is 35.4 Å². The quantitative estimate of drug-likeness (QED) is 0.808. The molecule has 1 saturated carbocycles. The lowest BCUT2D eigenvalue weighted by molar-refractivity contribution is 0.165. The summed E-state index contributed by atoms with van der Waals surface area (Å²) in [5, 5.41) is 12.1. The van der Waals surface area contributed by atoms with Crippen LogP contribution >= 0.6 is 15.9 Å². The van der Waals surface area contributed by atoms with Gasteiger partial charge in [-0.1, -0.05) is 0 Å². The molecular weight excluding hydrogens is 334 g/mol. The normalized spacial score (nSPS) is 16.1. The Hall–Kier alpha value is -1.47. The van der Waals surface area contributed by atoms with Gasteiger partial charge in [-0.05, 0) is 69.2 Å². The van der Waals surface area contributed by atoms with Gasteiger partial charge >= 0.3 is 0 Å². The maximum atomic E-state index is 5.94. The number of nitrogen functional groups attached to an aromatic ring is 1. The summed E-state index contributed by atoms with van der Waals surface area (Å²) in [5.74, 6) is 0.762. The van der Waals surface area contributed by atoms with Crippen molar-refractivity contribution in [2.45, 2.75) is 25.8 Å². The first-order valence-electron chi connectivity index (χ1n) is 6.94. The summed E-state index contributed by atoms with van der Waals surface area (Å²) in [4.78, 5) is 0. The minimum atomic E-state index is 0.293. The monoisotopic (exact) mass is 351 g/mol. The Morgan fingerprint density at radius 3 is 2.90 bits per heavy atom. The smallest absolute Gasteiger partial charge is 0.182 e. The van der Waals surface area contributed by atoms with Crippen LogP contribution in [0.5, 0.6) is 0 Å². The zero-order valence-electron chi connectivity index (χ0n) is 11.9. The third-order valence-electron chi connectivity index (χ3n) is 4.06. The van der Waals surface area contributed by atoms with E-state index < -0.39 is 0 Å². The molecule has 1 heterocycles. The molecule has 0 radical (unpaired) electrons. The van der Waals surface area contributed by atoms with Crippen molar-refractivity contribution in [2.75, 3.05) is 19.5 Å². The summed E-state index contributed by atoms with van der Waals surface area (Å²) >= 11 is 3.40. The van der Waals surface area contributed by atoms with Gasteiger partial charge in [0.2, 0.25) is 0 Å². The number of aromatic nitrogens is 4. The topological polar surface area (TPSA) is 78.8 Å². The first-order valence-corrected chi connectivity index (χ1v) is 7.73. The Bertz CT molecular complexity index is 638. The van der Waals surface area contributed by atoms with Crippen LogP contribution in [0.1, 0.15) is 19.3 Å². The largest absolute Gasteiger partial charge is 0.398 e. The second kappa shape index (κ2) is 5.73. The predicted octanol–water partition coefficient (Wildman–Crippen LogP) is 2.50. The summed E-state index contributed by atoms with van der Waals surface area (Å²) < 4.78 is 7.96. The third-order valence-corrected chi connectivity index (χ3v) is 4.79. The van der Waals surface area contributed by atoms with Crippen molar-refractivity contribution in [1.29, 1.82) is 0 Å². The maximum absolute atomic E-state index is 5.94. The molecule has 1 aliphatic rings. The molecular formula is C14H18BrN5O. The van der Waals surface area contributed by atoms with Crippen molar-refractivity contribution in [1.82, 2.24) is 20.2 Å². The van der Waals surface area contributed by atoms with Gasteiger partial charge in [-0.2, -0.15) is 0 Å². The number of rotatable bonds is 6. The highest BCUT2D eigenvalue weighted by Crippen LogP contribution is 2.50. The highest BCUT2D eigenvalue weighted by molar-refractivity contribution is 9.10. The molecule has 1 fully saturated rings. The lowest BCUT2D eigenvalue weighted by Crippen LogP contribution is -2.16. The number of nitrogens with zero attached hydrogens (tertiary/aromatic N) is 4. The number of halogens is 1. The second-order valence-electron chi connectivity index (χ2n) is 5.64. The van der Waals surface area contributed by atoms with E-state index >= 15 is 0 Å². The fourth-order valence-electron chi connectivity index (χ4n) is 2.50. The van der Waals surface area contributed by atoms with Crippen LogP contribution in [0, 0.1) is 5.41 Å². The van der Waals surface area contributed by atoms with Crippen LogP contribution in [-0.2, 0) is 11.3 Å². The molecule has 1 aromatic carbocycles. The number of anilines is 1. The number of tetrazole rings is 1. The summed E-state index contributed by atoms with van der Waals surface area (Å²) in [6.07, 6.45) is 3.46. The molecule has 0 bridgehead atoms. The molecule has 0 atom stereocenters. The Morgan fingerprint density at radius 1 is 1.43 bits per heavy atom. The minimum Gasteiger partial charge on any atom is -0.398 e. The van der Waals surface area contributed by atoms with Gasteiger partial charge < -0.3 is 10.5 Å². The van der Waals surface area contributed by atoms with Gasteiger partial charge in [-0.15, -0.1) is 5.10 Å². The first-order chi connectivity index (χ1) is 10.1. The minimum absolute atomic E-state index is 0.293. The van der Waals surface area contributed by atoms with Crippen molar-refractivity contribution in [2.24, 2.45) is 5.41 Å². The van der Waals surface area contributed by atoms with Gasteiger partial charge in [0.05, 0.1) is 6.54 Å². The molecule has 0 saturated heterocycles. The van der Waals surface area contributed by atoms with Gasteiger partial charge in [0.1, 0.15) is 0 Å².